The lowest BCUT2D eigenvalue weighted by molar-refractivity contribution is 0.121. The average molecular weight is 224 g/mol. The smallest absolute Gasteiger partial charge is 0.142 e. The number of likely N-dealkylation sites (N-methyl/N-ethyl adjacent to an activating group) is 1. The first-order chi connectivity index (χ1) is 7.83. The number of nitrogens with one attached hydrogen (secondary N) is 1. The first-order valence-corrected chi connectivity index (χ1v) is 5.63. The van der Waals surface area contributed by atoms with Crippen LogP contribution in [0.4, 0.5) is 0 Å². The monoisotopic (exact) mass is 224 g/mol. The van der Waals surface area contributed by atoms with E-state index >= 15 is 0 Å². The number of hydrogen-bond donors (Lipinski definition) is 1. The predicted molar refractivity (Wildman–Crippen MR) is 63.7 cm³/mol. The highest BCUT2D eigenvalue weighted by atomic mass is 16.5. The van der Waals surface area contributed by atoms with E-state index in [4.69, 9.17) is 9.47 Å². The van der Waals surface area contributed by atoms with Crippen molar-refractivity contribution in [3.05, 3.63) is 24.0 Å². The summed E-state index contributed by atoms with van der Waals surface area (Å²) >= 11 is 0. The highest BCUT2D eigenvalue weighted by Gasteiger charge is 2.16. The second-order valence-corrected chi connectivity index (χ2v) is 3.36. The van der Waals surface area contributed by atoms with Crippen molar-refractivity contribution in [1.29, 1.82) is 0 Å². The van der Waals surface area contributed by atoms with Crippen molar-refractivity contribution in [2.24, 2.45) is 0 Å². The quantitative estimate of drug-likeness (QED) is 0.766. The van der Waals surface area contributed by atoms with Crippen molar-refractivity contribution in [3.8, 4) is 5.75 Å². The van der Waals surface area contributed by atoms with Crippen LogP contribution in [-0.4, -0.2) is 31.9 Å². The Labute approximate surface area is 97.0 Å². The molecule has 0 aliphatic carbocycles. The van der Waals surface area contributed by atoms with E-state index in [1.165, 1.54) is 0 Å². The number of hydrogen-bond acceptors (Lipinski definition) is 4. The van der Waals surface area contributed by atoms with Crippen LogP contribution in [0.15, 0.2) is 18.3 Å². The fraction of sp³-hybridized carbons (Fsp3) is 0.583. The number of aromatic nitrogens is 1. The lowest BCUT2D eigenvalue weighted by Crippen LogP contribution is -2.26. The van der Waals surface area contributed by atoms with Gasteiger partial charge >= 0.3 is 0 Å². The van der Waals surface area contributed by atoms with Gasteiger partial charge in [0.1, 0.15) is 11.4 Å². The van der Waals surface area contributed by atoms with Crippen LogP contribution in [0.5, 0.6) is 5.75 Å². The Morgan fingerprint density at radius 3 is 2.88 bits per heavy atom. The Kier molecular flexibility index (Phi) is 5.82. The molecule has 1 N–H and O–H groups in total. The van der Waals surface area contributed by atoms with Crippen LogP contribution in [0.2, 0.25) is 0 Å². The molecule has 0 fully saturated rings. The summed E-state index contributed by atoms with van der Waals surface area (Å²) in [7, 11) is 1.66. The molecule has 90 valence electrons. The largest absolute Gasteiger partial charge is 0.495 e. The zero-order chi connectivity index (χ0) is 11.8. The van der Waals surface area contributed by atoms with E-state index < -0.39 is 0 Å². The van der Waals surface area contributed by atoms with Gasteiger partial charge in [0.25, 0.3) is 0 Å². The minimum Gasteiger partial charge on any atom is -0.495 e. The van der Waals surface area contributed by atoms with Crippen LogP contribution in [0.25, 0.3) is 0 Å². The highest BCUT2D eigenvalue weighted by Crippen LogP contribution is 2.22. The minimum atomic E-state index is 0.0844. The Morgan fingerprint density at radius 1 is 1.44 bits per heavy atom. The fourth-order valence-corrected chi connectivity index (χ4v) is 1.55. The summed E-state index contributed by atoms with van der Waals surface area (Å²) < 4.78 is 10.7. The van der Waals surface area contributed by atoms with Gasteiger partial charge in [-0.1, -0.05) is 6.92 Å². The first kappa shape index (κ1) is 12.9. The molecule has 0 spiro atoms. The van der Waals surface area contributed by atoms with Crippen LogP contribution < -0.4 is 10.1 Å². The van der Waals surface area contributed by atoms with Crippen molar-refractivity contribution in [2.45, 2.75) is 19.9 Å². The van der Waals surface area contributed by atoms with E-state index in [9.17, 15) is 0 Å². The number of rotatable bonds is 7. The van der Waals surface area contributed by atoms with Gasteiger partial charge in [0.15, 0.2) is 0 Å². The molecule has 0 radical (unpaired) electrons. The molecule has 16 heavy (non-hydrogen) atoms. The van der Waals surface area contributed by atoms with Gasteiger partial charge in [-0.05, 0) is 25.6 Å². The van der Waals surface area contributed by atoms with Crippen molar-refractivity contribution in [1.82, 2.24) is 10.3 Å². The third-order valence-electron chi connectivity index (χ3n) is 2.29. The maximum Gasteiger partial charge on any atom is 0.142 e. The molecule has 0 aromatic carbocycles. The van der Waals surface area contributed by atoms with E-state index in [0.717, 1.165) is 18.0 Å². The molecule has 1 unspecified atom stereocenters. The summed E-state index contributed by atoms with van der Waals surface area (Å²) in [4.78, 5) is 4.35. The van der Waals surface area contributed by atoms with E-state index in [-0.39, 0.29) is 6.04 Å². The van der Waals surface area contributed by atoms with Gasteiger partial charge in [-0.25, -0.2) is 0 Å². The van der Waals surface area contributed by atoms with Gasteiger partial charge in [0, 0.05) is 12.8 Å². The summed E-state index contributed by atoms with van der Waals surface area (Å²) in [5, 5.41) is 3.34. The molecule has 0 amide bonds. The van der Waals surface area contributed by atoms with Gasteiger partial charge in [0.2, 0.25) is 0 Å². The van der Waals surface area contributed by atoms with Crippen LogP contribution in [0.3, 0.4) is 0 Å². The molecule has 1 aromatic rings. The molecule has 4 nitrogen and oxygen atoms in total. The predicted octanol–water partition coefficient (Wildman–Crippen LogP) is 1.78. The van der Waals surface area contributed by atoms with Crippen molar-refractivity contribution in [2.75, 3.05) is 26.9 Å². The molecule has 1 aromatic heterocycles. The van der Waals surface area contributed by atoms with Crippen LogP contribution in [-0.2, 0) is 4.74 Å². The second kappa shape index (κ2) is 7.19. The maximum atomic E-state index is 5.44. The third kappa shape index (κ3) is 3.47. The molecule has 0 bridgehead atoms. The lowest BCUT2D eigenvalue weighted by Gasteiger charge is -2.19. The average Bonchev–Trinajstić information content (AvgIpc) is 2.34. The maximum absolute atomic E-state index is 5.44. The Bertz CT molecular complexity index is 305. The molecule has 1 rings (SSSR count). The van der Waals surface area contributed by atoms with Crippen LogP contribution in [0.1, 0.15) is 25.6 Å². The van der Waals surface area contributed by atoms with Gasteiger partial charge in [-0.3, -0.25) is 4.98 Å². The fourth-order valence-electron chi connectivity index (χ4n) is 1.55. The molecule has 1 heterocycles. The Morgan fingerprint density at radius 2 is 2.25 bits per heavy atom. The molecular weight excluding hydrogens is 204 g/mol. The lowest BCUT2D eigenvalue weighted by atomic mass is 10.2. The number of nitrogens with zero attached hydrogens (tertiary/aromatic N) is 1. The summed E-state index contributed by atoms with van der Waals surface area (Å²) in [6.07, 6.45) is 1.77. The Balaban J connectivity index is 2.81. The van der Waals surface area contributed by atoms with Gasteiger partial charge in [-0.2, -0.15) is 0 Å². The van der Waals surface area contributed by atoms with Gasteiger partial charge < -0.3 is 14.8 Å². The molecule has 0 saturated heterocycles. The highest BCUT2D eigenvalue weighted by molar-refractivity contribution is 5.29. The zero-order valence-electron chi connectivity index (χ0n) is 10.2. The SMILES string of the molecule is CCNC(COCC)c1ncccc1OC. The topological polar surface area (TPSA) is 43.4 Å². The van der Waals surface area contributed by atoms with E-state index in [1.807, 2.05) is 19.1 Å². The normalized spacial score (nSPS) is 12.4. The summed E-state index contributed by atoms with van der Waals surface area (Å²) in [5.74, 6) is 0.799. The molecule has 4 heteroatoms. The van der Waals surface area contributed by atoms with Gasteiger partial charge in [-0.15, -0.1) is 0 Å². The van der Waals surface area contributed by atoms with E-state index in [2.05, 4.69) is 17.2 Å². The molecule has 0 aliphatic heterocycles. The molecule has 0 saturated carbocycles. The first-order valence-electron chi connectivity index (χ1n) is 5.63. The number of pyridine rings is 1. The third-order valence-corrected chi connectivity index (χ3v) is 2.29. The second-order valence-electron chi connectivity index (χ2n) is 3.36. The van der Waals surface area contributed by atoms with Crippen LogP contribution >= 0.6 is 0 Å². The van der Waals surface area contributed by atoms with Gasteiger partial charge in [0.05, 0.1) is 19.8 Å². The molecular formula is C12H20N2O2. The van der Waals surface area contributed by atoms with E-state index in [0.29, 0.717) is 13.2 Å². The number of methoxy groups -OCH3 is 1. The van der Waals surface area contributed by atoms with Crippen molar-refractivity contribution < 1.29 is 9.47 Å². The number of ether oxygens (including phenoxy) is 2. The summed E-state index contributed by atoms with van der Waals surface area (Å²) in [6, 6.07) is 3.87. The Hall–Kier alpha value is -1.13. The van der Waals surface area contributed by atoms with E-state index in [1.54, 1.807) is 13.3 Å². The van der Waals surface area contributed by atoms with Crippen molar-refractivity contribution >= 4 is 0 Å². The summed E-state index contributed by atoms with van der Waals surface area (Å²) in [5.41, 5.74) is 0.903. The zero-order valence-corrected chi connectivity index (χ0v) is 10.2. The molecule has 1 atom stereocenters. The minimum absolute atomic E-state index is 0.0844. The standard InChI is InChI=1S/C12H20N2O2/c1-4-13-10(9-16-5-2)12-11(15-3)7-6-8-14-12/h6-8,10,13H,4-5,9H2,1-3H3. The molecule has 0 aliphatic rings. The summed E-state index contributed by atoms with van der Waals surface area (Å²) in [6.45, 7) is 6.24. The van der Waals surface area contributed by atoms with Crippen molar-refractivity contribution in [3.63, 3.8) is 0 Å². The van der Waals surface area contributed by atoms with Crippen LogP contribution in [0, 0.1) is 0 Å².